The lowest BCUT2D eigenvalue weighted by Crippen LogP contribution is -2.40. The highest BCUT2D eigenvalue weighted by Crippen LogP contribution is 2.29. The molecule has 1 aliphatic carbocycles. The van der Waals surface area contributed by atoms with Crippen LogP contribution in [0.4, 0.5) is 4.79 Å². The lowest BCUT2D eigenvalue weighted by molar-refractivity contribution is 0.245. The first-order chi connectivity index (χ1) is 18.2. The number of hydrogen-bond donors (Lipinski definition) is 2. The fourth-order valence-corrected chi connectivity index (χ4v) is 5.89. The highest BCUT2D eigenvalue weighted by atomic mass is 32.2. The van der Waals surface area contributed by atoms with E-state index in [1.807, 2.05) is 38.1 Å². The van der Waals surface area contributed by atoms with E-state index in [9.17, 15) is 13.2 Å². The molecule has 0 radical (unpaired) electrons. The summed E-state index contributed by atoms with van der Waals surface area (Å²) in [6.07, 6.45) is 3.90. The molecule has 0 unspecified atom stereocenters. The zero-order chi connectivity index (χ0) is 27.3. The van der Waals surface area contributed by atoms with E-state index in [1.54, 1.807) is 18.2 Å². The van der Waals surface area contributed by atoms with Crippen LogP contribution in [0.2, 0.25) is 0 Å². The maximum Gasteiger partial charge on any atom is 0.328 e. The Balaban J connectivity index is 1.57. The molecule has 38 heavy (non-hydrogen) atoms. The number of sulfonamides is 1. The summed E-state index contributed by atoms with van der Waals surface area (Å²) in [5.74, 6) is 1.40. The van der Waals surface area contributed by atoms with Crippen molar-refractivity contribution in [2.24, 2.45) is 5.92 Å². The van der Waals surface area contributed by atoms with Gasteiger partial charge in [-0.2, -0.15) is 0 Å². The van der Waals surface area contributed by atoms with Crippen molar-refractivity contribution in [2.75, 3.05) is 13.2 Å². The van der Waals surface area contributed by atoms with Crippen molar-refractivity contribution in [1.82, 2.24) is 19.6 Å². The Bertz CT molecular complexity index is 1410. The van der Waals surface area contributed by atoms with Crippen LogP contribution in [0.5, 0.6) is 0 Å². The van der Waals surface area contributed by atoms with E-state index in [0.717, 1.165) is 54.0 Å². The van der Waals surface area contributed by atoms with Crippen LogP contribution in [0.15, 0.2) is 53.4 Å². The van der Waals surface area contributed by atoms with Crippen LogP contribution in [0, 0.1) is 12.8 Å². The van der Waals surface area contributed by atoms with E-state index in [1.165, 1.54) is 6.07 Å². The Morgan fingerprint density at radius 3 is 2.50 bits per heavy atom. The summed E-state index contributed by atoms with van der Waals surface area (Å²) >= 11 is 5.53. The summed E-state index contributed by atoms with van der Waals surface area (Å²) in [6, 6.07) is 13.7. The minimum atomic E-state index is -4.06. The van der Waals surface area contributed by atoms with Gasteiger partial charge in [0.2, 0.25) is 5.05 Å². The molecule has 10 heteroatoms. The zero-order valence-corrected chi connectivity index (χ0v) is 23.6. The lowest BCUT2D eigenvalue weighted by Gasteiger charge is -2.15. The molecule has 2 amide bonds. The lowest BCUT2D eigenvalue weighted by atomic mass is 10.0. The first-order valence-corrected chi connectivity index (χ1v) is 14.8. The van der Waals surface area contributed by atoms with Crippen molar-refractivity contribution in [3.8, 4) is 11.1 Å². The highest BCUT2D eigenvalue weighted by molar-refractivity contribution is 7.90. The minimum Gasteiger partial charge on any atom is -0.482 e. The molecule has 0 atom stereocenters. The molecule has 8 nitrogen and oxygen atoms in total. The second-order valence-electron chi connectivity index (χ2n) is 9.47. The van der Waals surface area contributed by atoms with Crippen LogP contribution >= 0.6 is 12.2 Å². The number of aryl methyl sites for hydroxylation is 2. The van der Waals surface area contributed by atoms with Crippen molar-refractivity contribution in [1.29, 1.82) is 0 Å². The van der Waals surface area contributed by atoms with Crippen molar-refractivity contribution < 1.29 is 17.9 Å². The number of imidazole rings is 1. The van der Waals surface area contributed by atoms with Gasteiger partial charge in [-0.1, -0.05) is 49.4 Å². The van der Waals surface area contributed by atoms with E-state index >= 15 is 0 Å². The van der Waals surface area contributed by atoms with Gasteiger partial charge < -0.3 is 14.6 Å². The van der Waals surface area contributed by atoms with Gasteiger partial charge in [0.15, 0.2) is 0 Å². The van der Waals surface area contributed by atoms with Crippen LogP contribution in [0.25, 0.3) is 11.1 Å². The minimum absolute atomic E-state index is 0.0501. The fraction of sp³-hybridized carbons (Fsp3) is 0.393. The van der Waals surface area contributed by atoms with Crippen LogP contribution in [-0.4, -0.2) is 42.2 Å². The van der Waals surface area contributed by atoms with E-state index < -0.39 is 16.1 Å². The van der Waals surface area contributed by atoms with Crippen molar-refractivity contribution >= 4 is 33.3 Å². The van der Waals surface area contributed by atoms with Gasteiger partial charge in [-0.05, 0) is 68.4 Å². The largest absolute Gasteiger partial charge is 0.482 e. The molecular weight excluding hydrogens is 520 g/mol. The molecule has 1 aliphatic rings. The number of carbonyl (C=O) groups is 1. The van der Waals surface area contributed by atoms with Crippen molar-refractivity contribution in [3.63, 3.8) is 0 Å². The fourth-order valence-electron chi connectivity index (χ4n) is 4.36. The van der Waals surface area contributed by atoms with E-state index in [0.29, 0.717) is 36.2 Å². The number of aromatic nitrogens is 2. The molecule has 1 saturated carbocycles. The summed E-state index contributed by atoms with van der Waals surface area (Å²) in [6.45, 7) is 7.49. The third kappa shape index (κ3) is 6.60. The molecule has 1 aromatic heterocycles. The topological polar surface area (TPSA) is 102 Å². The number of nitrogens with one attached hydrogen (secondary N) is 2. The molecule has 0 saturated heterocycles. The number of hydrogen-bond acceptors (Lipinski definition) is 6. The van der Waals surface area contributed by atoms with Gasteiger partial charge in [-0.25, -0.2) is 22.9 Å². The highest BCUT2D eigenvalue weighted by Gasteiger charge is 2.25. The molecule has 1 fully saturated rings. The van der Waals surface area contributed by atoms with Crippen molar-refractivity contribution in [2.45, 2.75) is 57.9 Å². The quantitative estimate of drug-likeness (QED) is 0.325. The van der Waals surface area contributed by atoms with Crippen molar-refractivity contribution in [3.05, 3.63) is 71.3 Å². The second-order valence-corrected chi connectivity index (χ2v) is 11.5. The third-order valence-corrected chi connectivity index (χ3v) is 8.12. The maximum absolute atomic E-state index is 13.1. The number of urea groups is 1. The standard InChI is InChI=1S/C28H34N4O4S2/c1-4-8-25-30-19(3)26(27(37)36-5-2)32(25)18-21-13-15-22(16-14-21)23-9-6-7-10-24(23)38(34,35)31-28(33)29-17-20-11-12-20/h6-7,9-10,13-16,20H,4-5,8,11-12,17-18H2,1-3H3,(H2,29,31,33). The predicted molar refractivity (Wildman–Crippen MR) is 152 cm³/mol. The Morgan fingerprint density at radius 1 is 1.13 bits per heavy atom. The summed E-state index contributed by atoms with van der Waals surface area (Å²) in [7, 11) is -4.06. The second kappa shape index (κ2) is 12.1. The van der Waals surface area contributed by atoms with Gasteiger partial charge in [-0.3, -0.25) is 0 Å². The van der Waals surface area contributed by atoms with E-state index in [2.05, 4.69) is 21.5 Å². The van der Waals surface area contributed by atoms with Crippen LogP contribution < -0.4 is 10.0 Å². The average molecular weight is 555 g/mol. The molecule has 3 aromatic rings. The number of amides is 2. The molecule has 1 heterocycles. The number of rotatable bonds is 11. The average Bonchev–Trinajstić information content (AvgIpc) is 3.67. The molecule has 0 aliphatic heterocycles. The van der Waals surface area contributed by atoms with Gasteiger partial charge in [-0.15, -0.1) is 0 Å². The Kier molecular flexibility index (Phi) is 8.83. The van der Waals surface area contributed by atoms with Gasteiger partial charge in [0.05, 0.1) is 17.2 Å². The normalized spacial score (nSPS) is 13.2. The summed E-state index contributed by atoms with van der Waals surface area (Å²) in [4.78, 5) is 17.0. The van der Waals surface area contributed by atoms with E-state index in [-0.39, 0.29) is 4.90 Å². The summed E-state index contributed by atoms with van der Waals surface area (Å²) in [5, 5.41) is 3.08. The third-order valence-electron chi connectivity index (χ3n) is 6.42. The number of benzene rings is 2. The molecule has 0 spiro atoms. The predicted octanol–water partition coefficient (Wildman–Crippen LogP) is 4.97. The smallest absolute Gasteiger partial charge is 0.328 e. The maximum atomic E-state index is 13.1. The Labute approximate surface area is 229 Å². The summed E-state index contributed by atoms with van der Waals surface area (Å²) < 4.78 is 36.0. The van der Waals surface area contributed by atoms with Crippen LogP contribution in [-0.2, 0) is 27.7 Å². The number of carbonyl (C=O) groups excluding carboxylic acids is 1. The van der Waals surface area contributed by atoms with Gasteiger partial charge in [0.1, 0.15) is 11.5 Å². The molecule has 4 rings (SSSR count). The molecule has 0 bridgehead atoms. The molecule has 2 N–H and O–H groups in total. The molecule has 202 valence electrons. The molecule has 2 aromatic carbocycles. The van der Waals surface area contributed by atoms with Gasteiger partial charge >= 0.3 is 6.03 Å². The zero-order valence-electron chi connectivity index (χ0n) is 22.0. The first kappa shape index (κ1) is 27.8. The van der Waals surface area contributed by atoms with Gasteiger partial charge in [0.25, 0.3) is 10.0 Å². The van der Waals surface area contributed by atoms with Gasteiger partial charge in [0, 0.05) is 25.1 Å². The van der Waals surface area contributed by atoms with E-state index in [4.69, 9.17) is 21.9 Å². The Hall–Kier alpha value is -3.24. The monoisotopic (exact) mass is 554 g/mol. The number of nitrogens with zero attached hydrogens (tertiary/aromatic N) is 2. The van der Waals surface area contributed by atoms with Crippen LogP contribution in [0.3, 0.4) is 0 Å². The number of ether oxygens (including phenoxy) is 1. The molecular formula is C28H34N4O4S2. The first-order valence-electron chi connectivity index (χ1n) is 13.0. The SMILES string of the molecule is CCCc1nc(C)c(C(=S)OCC)n1Cc1ccc(-c2ccccc2S(=O)(=O)NC(=O)NCC2CC2)cc1. The van der Waals surface area contributed by atoms with Crippen LogP contribution in [0.1, 0.15) is 55.9 Å². The Morgan fingerprint density at radius 2 is 1.84 bits per heavy atom. The summed E-state index contributed by atoms with van der Waals surface area (Å²) in [5.41, 5.74) is 3.92. The number of thiocarbonyl (C=S) groups is 1.